The van der Waals surface area contributed by atoms with Gasteiger partial charge in [-0.2, -0.15) is 9.69 Å². The Balaban J connectivity index is 1.46. The predicted octanol–water partition coefficient (Wildman–Crippen LogP) is 4.79. The summed E-state index contributed by atoms with van der Waals surface area (Å²) in [4.78, 5) is 41.7. The number of rotatable bonds is 10. The van der Waals surface area contributed by atoms with Crippen LogP contribution in [0.2, 0.25) is 0 Å². The Labute approximate surface area is 252 Å². The van der Waals surface area contributed by atoms with Gasteiger partial charge >= 0.3 is 12.1 Å². The number of carbonyl (C=O) groups excluding carboxylic acids is 3. The summed E-state index contributed by atoms with van der Waals surface area (Å²) in [7, 11) is 1.33. The number of hydrogen-bond donors (Lipinski definition) is 0. The molecule has 0 spiro atoms. The number of amides is 2. The van der Waals surface area contributed by atoms with Crippen molar-refractivity contribution < 1.29 is 33.3 Å². The van der Waals surface area contributed by atoms with Gasteiger partial charge in [0.1, 0.15) is 17.9 Å². The zero-order chi connectivity index (χ0) is 31.0. The fourth-order valence-electron chi connectivity index (χ4n) is 4.97. The molecule has 1 atom stereocenters. The van der Waals surface area contributed by atoms with E-state index in [1.807, 2.05) is 48.5 Å². The summed E-state index contributed by atoms with van der Waals surface area (Å²) in [6.45, 7) is 6.60. The van der Waals surface area contributed by atoms with Crippen LogP contribution in [-0.2, 0) is 38.6 Å². The maximum atomic E-state index is 13.5. The molecule has 0 aliphatic carbocycles. The molecule has 0 radical (unpaired) electrons. The Morgan fingerprint density at radius 1 is 1.05 bits per heavy atom. The first-order valence-electron chi connectivity index (χ1n) is 14.4. The summed E-state index contributed by atoms with van der Waals surface area (Å²) in [6.07, 6.45) is 1.59. The molecule has 43 heavy (non-hydrogen) atoms. The molecule has 10 nitrogen and oxygen atoms in total. The van der Waals surface area contributed by atoms with Crippen LogP contribution in [-0.4, -0.2) is 48.7 Å². The molecule has 10 heteroatoms. The highest BCUT2D eigenvalue weighted by atomic mass is 16.6. The van der Waals surface area contributed by atoms with Crippen molar-refractivity contribution in [2.45, 2.75) is 58.7 Å². The van der Waals surface area contributed by atoms with Crippen LogP contribution >= 0.6 is 0 Å². The summed E-state index contributed by atoms with van der Waals surface area (Å²) in [5, 5.41) is 12.4. The largest absolute Gasteiger partial charge is 0.711 e. The monoisotopic (exact) mass is 589 g/mol. The van der Waals surface area contributed by atoms with E-state index in [1.165, 1.54) is 18.2 Å². The van der Waals surface area contributed by atoms with Crippen LogP contribution in [0.5, 0.6) is 5.75 Å². The highest BCUT2D eigenvalue weighted by Crippen LogP contribution is 2.29. The summed E-state index contributed by atoms with van der Waals surface area (Å²) in [6, 6.07) is 20.3. The molecule has 0 bridgehead atoms. The molecule has 4 rings (SSSR count). The summed E-state index contributed by atoms with van der Waals surface area (Å²) in [5.74, 6) is -0.234. The summed E-state index contributed by atoms with van der Waals surface area (Å²) >= 11 is 0. The van der Waals surface area contributed by atoms with Gasteiger partial charge in [0.2, 0.25) is 5.91 Å². The number of nitrogens with zero attached hydrogens (tertiary/aromatic N) is 3. The maximum Gasteiger partial charge on any atom is 0.507 e. The number of hydrogen-bond acceptors (Lipinski definition) is 7. The number of ether oxygens (including phenoxy) is 3. The van der Waals surface area contributed by atoms with Crippen molar-refractivity contribution in [2.24, 2.45) is 5.92 Å². The third kappa shape index (κ3) is 8.70. The van der Waals surface area contributed by atoms with Gasteiger partial charge in [0.05, 0.1) is 32.3 Å². The highest BCUT2D eigenvalue weighted by molar-refractivity contribution is 5.86. The molecular formula is C33H39N3O7. The van der Waals surface area contributed by atoms with Crippen molar-refractivity contribution in [3.05, 3.63) is 94.8 Å². The van der Waals surface area contributed by atoms with Crippen molar-refractivity contribution in [1.82, 2.24) is 4.90 Å². The Morgan fingerprint density at radius 2 is 1.79 bits per heavy atom. The lowest BCUT2D eigenvalue weighted by molar-refractivity contribution is -0.591. The van der Waals surface area contributed by atoms with Crippen molar-refractivity contribution in [3.8, 4) is 5.75 Å². The van der Waals surface area contributed by atoms with E-state index in [1.54, 1.807) is 43.9 Å². The number of carbonyl (C=O) groups is 3. The van der Waals surface area contributed by atoms with Crippen LogP contribution in [0.15, 0.2) is 72.9 Å². The molecule has 2 heterocycles. The molecule has 0 saturated heterocycles. The van der Waals surface area contributed by atoms with E-state index < -0.39 is 23.6 Å². The van der Waals surface area contributed by atoms with Gasteiger partial charge in [0.25, 0.3) is 5.82 Å². The van der Waals surface area contributed by atoms with Gasteiger partial charge in [-0.1, -0.05) is 42.5 Å². The Kier molecular flexibility index (Phi) is 10.2. The SMILES string of the molecule is COC(=O)CC1Cc2ccc(OCCCN(C(=O)OC(C)(C)C)c3cccc[n+]3[O-])cc2CN(Cc2ccccc2)C1=O. The number of benzene rings is 2. The number of anilines is 1. The second-order valence-electron chi connectivity index (χ2n) is 11.5. The van der Waals surface area contributed by atoms with Crippen molar-refractivity contribution in [3.63, 3.8) is 0 Å². The second kappa shape index (κ2) is 14.0. The molecule has 0 saturated carbocycles. The quantitative estimate of drug-likeness (QED) is 0.145. The minimum atomic E-state index is -0.720. The first-order chi connectivity index (χ1) is 20.5. The van der Waals surface area contributed by atoms with Gasteiger partial charge in [-0.05, 0) is 62.1 Å². The third-order valence-corrected chi connectivity index (χ3v) is 7.01. The smallest absolute Gasteiger partial charge is 0.507 e. The van der Waals surface area contributed by atoms with E-state index in [9.17, 15) is 19.6 Å². The van der Waals surface area contributed by atoms with Crippen LogP contribution < -0.4 is 14.4 Å². The van der Waals surface area contributed by atoms with Gasteiger partial charge < -0.3 is 24.3 Å². The van der Waals surface area contributed by atoms with Gasteiger partial charge in [-0.15, -0.1) is 0 Å². The Hall–Kier alpha value is -4.60. The van der Waals surface area contributed by atoms with Crippen molar-refractivity contribution in [1.29, 1.82) is 0 Å². The minimum absolute atomic E-state index is 0.0111. The van der Waals surface area contributed by atoms with E-state index in [0.29, 0.717) is 36.4 Å². The van der Waals surface area contributed by atoms with Gasteiger partial charge in [-0.25, -0.2) is 4.73 Å². The number of esters is 1. The predicted molar refractivity (Wildman–Crippen MR) is 160 cm³/mol. The fourth-order valence-corrected chi connectivity index (χ4v) is 4.97. The van der Waals surface area contributed by atoms with Gasteiger partial charge in [0, 0.05) is 25.6 Å². The lowest BCUT2D eigenvalue weighted by atomic mass is 9.94. The summed E-state index contributed by atoms with van der Waals surface area (Å²) in [5.41, 5.74) is 2.20. The van der Waals surface area contributed by atoms with Crippen LogP contribution in [0, 0.1) is 11.1 Å². The Bertz CT molecular complexity index is 1420. The molecule has 0 fully saturated rings. The van der Waals surface area contributed by atoms with Crippen LogP contribution in [0.3, 0.4) is 0 Å². The number of methoxy groups -OCH3 is 1. The lowest BCUT2D eigenvalue weighted by Crippen LogP contribution is -2.44. The van der Waals surface area contributed by atoms with Crippen molar-refractivity contribution >= 4 is 23.8 Å². The average molecular weight is 590 g/mol. The van der Waals surface area contributed by atoms with Gasteiger partial charge in [0.15, 0.2) is 0 Å². The average Bonchev–Trinajstić information content (AvgIpc) is 3.09. The molecule has 2 amide bonds. The Morgan fingerprint density at radius 3 is 2.49 bits per heavy atom. The van der Waals surface area contributed by atoms with Gasteiger partial charge in [-0.3, -0.25) is 9.59 Å². The first-order valence-corrected chi connectivity index (χ1v) is 14.4. The van der Waals surface area contributed by atoms with Crippen LogP contribution in [0.1, 0.15) is 50.3 Å². The van der Waals surface area contributed by atoms with E-state index in [2.05, 4.69) is 0 Å². The zero-order valence-corrected chi connectivity index (χ0v) is 25.2. The second-order valence-corrected chi connectivity index (χ2v) is 11.5. The summed E-state index contributed by atoms with van der Waals surface area (Å²) < 4.78 is 17.1. The molecule has 2 aromatic carbocycles. The number of pyridine rings is 1. The van der Waals surface area contributed by atoms with E-state index >= 15 is 0 Å². The third-order valence-electron chi connectivity index (χ3n) is 7.01. The fraction of sp³-hybridized carbons (Fsp3) is 0.394. The molecule has 228 valence electrons. The highest BCUT2D eigenvalue weighted by Gasteiger charge is 2.33. The van der Waals surface area contributed by atoms with Crippen LogP contribution in [0.4, 0.5) is 10.6 Å². The van der Waals surface area contributed by atoms with E-state index in [4.69, 9.17) is 14.2 Å². The van der Waals surface area contributed by atoms with E-state index in [-0.39, 0.29) is 31.3 Å². The molecule has 1 aliphatic heterocycles. The van der Waals surface area contributed by atoms with E-state index in [0.717, 1.165) is 16.7 Å². The minimum Gasteiger partial charge on any atom is -0.711 e. The number of aromatic nitrogens is 1. The zero-order valence-electron chi connectivity index (χ0n) is 25.2. The standard InChI is InChI=1S/C33H39N3O7/c1-33(2,3)43-32(39)35(29-13-8-9-17-36(29)40)16-10-18-42-28-15-14-25-19-26(21-30(37)41-4)31(38)34(23-27(25)20-28)22-24-11-6-5-7-12-24/h5-9,11-15,17,20,26H,10,16,18-19,21-23H2,1-4H3. The van der Waals surface area contributed by atoms with Crippen molar-refractivity contribution in [2.75, 3.05) is 25.2 Å². The normalized spacial score (nSPS) is 14.8. The molecule has 1 unspecified atom stereocenters. The topological polar surface area (TPSA) is 112 Å². The lowest BCUT2D eigenvalue weighted by Gasteiger charge is -2.24. The molecule has 1 aromatic heterocycles. The molecule has 1 aliphatic rings. The maximum absolute atomic E-state index is 13.5. The van der Waals surface area contributed by atoms with Crippen LogP contribution in [0.25, 0.3) is 0 Å². The molecule has 3 aromatic rings. The molecule has 0 N–H and O–H groups in total. The number of fused-ring (bicyclic) bond motifs is 1. The first kappa shape index (κ1) is 31.3. The molecular weight excluding hydrogens is 550 g/mol.